The molecule has 1 atom stereocenters. The molecule has 2 nitrogen and oxygen atoms in total. The highest BCUT2D eigenvalue weighted by Crippen LogP contribution is 2.42. The number of rotatable bonds is 4. The summed E-state index contributed by atoms with van der Waals surface area (Å²) in [5.41, 5.74) is 1.21. The van der Waals surface area contributed by atoms with Crippen LogP contribution in [-0.4, -0.2) is 31.1 Å². The van der Waals surface area contributed by atoms with Gasteiger partial charge in [0.15, 0.2) is 0 Å². The molecule has 2 aliphatic rings. The summed E-state index contributed by atoms with van der Waals surface area (Å²) in [6, 6.07) is 6.47. The van der Waals surface area contributed by atoms with Gasteiger partial charge in [-0.15, -0.1) is 24.8 Å². The molecule has 6 heteroatoms. The minimum Gasteiger partial charge on any atom is -0.314 e. The summed E-state index contributed by atoms with van der Waals surface area (Å²) in [4.78, 5) is 2.56. The van der Waals surface area contributed by atoms with Crippen LogP contribution in [0, 0.1) is 5.92 Å². The molecule has 0 aromatic heterocycles. The molecule has 0 bridgehead atoms. The maximum absolute atomic E-state index is 6.44. The van der Waals surface area contributed by atoms with E-state index < -0.39 is 0 Å². The van der Waals surface area contributed by atoms with Crippen molar-refractivity contribution in [1.82, 2.24) is 10.2 Å². The molecule has 1 heterocycles. The van der Waals surface area contributed by atoms with E-state index in [0.29, 0.717) is 11.1 Å². The van der Waals surface area contributed by atoms with E-state index in [2.05, 4.69) is 16.3 Å². The molecule has 0 spiro atoms. The molecular formula is C15H22Cl4N2. The van der Waals surface area contributed by atoms with Crippen LogP contribution in [0.5, 0.6) is 0 Å². The Hall–Kier alpha value is 0.300. The third-order valence-electron chi connectivity index (χ3n) is 4.19. The number of nitrogens with one attached hydrogen (secondary N) is 1. The number of nitrogens with zero attached hydrogens (tertiary/aromatic N) is 1. The van der Waals surface area contributed by atoms with Gasteiger partial charge in [0.1, 0.15) is 0 Å². The van der Waals surface area contributed by atoms with Gasteiger partial charge in [-0.05, 0) is 24.0 Å². The molecule has 1 aromatic rings. The maximum atomic E-state index is 6.44. The molecule has 0 amide bonds. The topological polar surface area (TPSA) is 15.3 Å². The SMILES string of the molecule is Cl.Cl.Clc1cccc([C@H](CC2CC2)N2CCNCC2)c1Cl. The van der Waals surface area contributed by atoms with Crippen molar-refractivity contribution in [3.8, 4) is 0 Å². The van der Waals surface area contributed by atoms with Crippen molar-refractivity contribution < 1.29 is 0 Å². The van der Waals surface area contributed by atoms with Crippen LogP contribution in [0.15, 0.2) is 18.2 Å². The van der Waals surface area contributed by atoms with Crippen LogP contribution in [0.3, 0.4) is 0 Å². The van der Waals surface area contributed by atoms with Gasteiger partial charge in [-0.3, -0.25) is 4.90 Å². The Morgan fingerprint density at radius 3 is 2.43 bits per heavy atom. The van der Waals surface area contributed by atoms with Gasteiger partial charge in [0.25, 0.3) is 0 Å². The minimum absolute atomic E-state index is 0. The molecule has 3 rings (SSSR count). The smallest absolute Gasteiger partial charge is 0.0640 e. The zero-order valence-corrected chi connectivity index (χ0v) is 15.0. The molecular weight excluding hydrogens is 350 g/mol. The monoisotopic (exact) mass is 370 g/mol. The van der Waals surface area contributed by atoms with Crippen molar-refractivity contribution in [1.29, 1.82) is 0 Å². The fourth-order valence-corrected chi connectivity index (χ4v) is 3.35. The Bertz CT molecular complexity index is 445. The van der Waals surface area contributed by atoms with Crippen molar-refractivity contribution in [2.24, 2.45) is 5.92 Å². The first-order chi connectivity index (χ1) is 9.25. The Morgan fingerprint density at radius 1 is 1.14 bits per heavy atom. The van der Waals surface area contributed by atoms with Crippen molar-refractivity contribution in [2.75, 3.05) is 26.2 Å². The summed E-state index contributed by atoms with van der Waals surface area (Å²) in [6.07, 6.45) is 3.97. The molecule has 1 saturated heterocycles. The van der Waals surface area contributed by atoms with Crippen LogP contribution in [0.1, 0.15) is 30.9 Å². The van der Waals surface area contributed by atoms with E-state index in [1.165, 1.54) is 24.8 Å². The highest BCUT2D eigenvalue weighted by Gasteiger charge is 2.31. The van der Waals surface area contributed by atoms with Crippen molar-refractivity contribution >= 4 is 48.0 Å². The number of halogens is 4. The third kappa shape index (κ3) is 4.89. The molecule has 120 valence electrons. The van der Waals surface area contributed by atoms with E-state index in [9.17, 15) is 0 Å². The average Bonchev–Trinajstić information content (AvgIpc) is 3.25. The van der Waals surface area contributed by atoms with Crippen LogP contribution in [0.4, 0.5) is 0 Å². The summed E-state index contributed by atoms with van der Waals surface area (Å²) in [6.45, 7) is 4.33. The van der Waals surface area contributed by atoms with Crippen LogP contribution in [0.25, 0.3) is 0 Å². The van der Waals surface area contributed by atoms with Crippen molar-refractivity contribution in [2.45, 2.75) is 25.3 Å². The molecule has 2 fully saturated rings. The zero-order valence-electron chi connectivity index (χ0n) is 11.9. The second kappa shape index (κ2) is 8.81. The summed E-state index contributed by atoms with van der Waals surface area (Å²) >= 11 is 12.6. The molecule has 1 N–H and O–H groups in total. The van der Waals surface area contributed by atoms with Gasteiger partial charge in [-0.25, -0.2) is 0 Å². The van der Waals surface area contributed by atoms with Gasteiger partial charge in [0.2, 0.25) is 0 Å². The number of hydrogen-bond acceptors (Lipinski definition) is 2. The molecule has 1 aromatic carbocycles. The first-order valence-electron chi connectivity index (χ1n) is 7.14. The average molecular weight is 372 g/mol. The minimum atomic E-state index is 0. The summed E-state index contributed by atoms with van der Waals surface area (Å²) in [7, 11) is 0. The fraction of sp³-hybridized carbons (Fsp3) is 0.600. The molecule has 1 saturated carbocycles. The predicted molar refractivity (Wildman–Crippen MR) is 95.5 cm³/mol. The van der Waals surface area contributed by atoms with Gasteiger partial charge >= 0.3 is 0 Å². The highest BCUT2D eigenvalue weighted by atomic mass is 35.5. The second-order valence-electron chi connectivity index (χ2n) is 5.62. The Balaban J connectivity index is 0.00000110. The lowest BCUT2D eigenvalue weighted by Gasteiger charge is -2.36. The first kappa shape index (κ1) is 19.3. The lowest BCUT2D eigenvalue weighted by atomic mass is 9.98. The van der Waals surface area contributed by atoms with Crippen molar-refractivity contribution in [3.63, 3.8) is 0 Å². The summed E-state index contributed by atoms with van der Waals surface area (Å²) in [5, 5.41) is 4.84. The lowest BCUT2D eigenvalue weighted by molar-refractivity contribution is 0.160. The molecule has 21 heavy (non-hydrogen) atoms. The fourth-order valence-electron chi connectivity index (χ4n) is 2.91. The normalized spacial score (nSPS) is 20.3. The number of piperazine rings is 1. The van der Waals surface area contributed by atoms with Gasteiger partial charge in [-0.2, -0.15) is 0 Å². The van der Waals surface area contributed by atoms with E-state index in [-0.39, 0.29) is 24.8 Å². The van der Waals surface area contributed by atoms with E-state index in [1.807, 2.05) is 12.1 Å². The second-order valence-corrected chi connectivity index (χ2v) is 6.41. The molecule has 1 aliphatic carbocycles. The lowest BCUT2D eigenvalue weighted by Crippen LogP contribution is -2.45. The Kier molecular flexibility index (Phi) is 8.11. The van der Waals surface area contributed by atoms with Gasteiger partial charge in [-0.1, -0.05) is 48.2 Å². The Labute approximate surface area is 149 Å². The maximum Gasteiger partial charge on any atom is 0.0640 e. The summed E-state index contributed by atoms with van der Waals surface area (Å²) in [5.74, 6) is 0.884. The van der Waals surface area contributed by atoms with Crippen LogP contribution in [-0.2, 0) is 0 Å². The van der Waals surface area contributed by atoms with Gasteiger partial charge in [0.05, 0.1) is 10.0 Å². The van der Waals surface area contributed by atoms with Crippen LogP contribution < -0.4 is 5.32 Å². The van der Waals surface area contributed by atoms with E-state index >= 15 is 0 Å². The Morgan fingerprint density at radius 2 is 1.81 bits per heavy atom. The molecule has 1 aliphatic heterocycles. The zero-order chi connectivity index (χ0) is 13.2. The van der Waals surface area contributed by atoms with Crippen LogP contribution in [0.2, 0.25) is 10.0 Å². The highest BCUT2D eigenvalue weighted by molar-refractivity contribution is 6.42. The van der Waals surface area contributed by atoms with E-state index in [4.69, 9.17) is 23.2 Å². The molecule has 0 radical (unpaired) electrons. The number of benzene rings is 1. The van der Waals surface area contributed by atoms with E-state index in [1.54, 1.807) is 0 Å². The van der Waals surface area contributed by atoms with Crippen LogP contribution >= 0.6 is 48.0 Å². The standard InChI is InChI=1S/C15H20Cl2N2.2ClH/c16-13-3-1-2-12(15(13)17)14(10-11-4-5-11)19-8-6-18-7-9-19;;/h1-3,11,14,18H,4-10H2;2*1H/t14-;;/m0../s1. The van der Waals surface area contributed by atoms with Gasteiger partial charge in [0, 0.05) is 32.2 Å². The third-order valence-corrected chi connectivity index (χ3v) is 5.02. The largest absolute Gasteiger partial charge is 0.314 e. The predicted octanol–water partition coefficient (Wildman–Crippen LogP) is 4.58. The quantitative estimate of drug-likeness (QED) is 0.832. The van der Waals surface area contributed by atoms with E-state index in [0.717, 1.165) is 37.1 Å². The van der Waals surface area contributed by atoms with Crippen molar-refractivity contribution in [3.05, 3.63) is 33.8 Å². The van der Waals surface area contributed by atoms with Gasteiger partial charge < -0.3 is 5.32 Å². The number of hydrogen-bond donors (Lipinski definition) is 1. The first-order valence-corrected chi connectivity index (χ1v) is 7.90. The summed E-state index contributed by atoms with van der Waals surface area (Å²) < 4.78 is 0. The molecule has 0 unspecified atom stereocenters.